The van der Waals surface area contributed by atoms with Crippen molar-refractivity contribution in [3.8, 4) is 5.75 Å². The second-order valence-electron chi connectivity index (χ2n) is 7.38. The van der Waals surface area contributed by atoms with E-state index in [0.717, 1.165) is 24.2 Å². The molecule has 22 heavy (non-hydrogen) atoms. The van der Waals surface area contributed by atoms with E-state index < -0.39 is 0 Å². The van der Waals surface area contributed by atoms with Crippen LogP contribution in [0.15, 0.2) is 29.8 Å². The van der Waals surface area contributed by atoms with Crippen molar-refractivity contribution in [2.45, 2.75) is 65.7 Å². The van der Waals surface area contributed by atoms with Gasteiger partial charge in [-0.25, -0.2) is 0 Å². The van der Waals surface area contributed by atoms with E-state index in [1.54, 1.807) is 5.57 Å². The van der Waals surface area contributed by atoms with Crippen LogP contribution in [0.2, 0.25) is 0 Å². The van der Waals surface area contributed by atoms with Crippen molar-refractivity contribution in [2.75, 3.05) is 0 Å². The number of fused-ring (bicyclic) bond motifs is 5. The highest BCUT2D eigenvalue weighted by Crippen LogP contribution is 2.60. The first-order chi connectivity index (χ1) is 10.6. The van der Waals surface area contributed by atoms with Crippen LogP contribution in [0.5, 0.6) is 5.75 Å². The molecule has 1 saturated carbocycles. The Hall–Kier alpha value is -1.24. The Bertz CT molecular complexity index is 586. The number of benzene rings is 1. The lowest BCUT2D eigenvalue weighted by Crippen LogP contribution is -2.40. The summed E-state index contributed by atoms with van der Waals surface area (Å²) in [6, 6.07) is 6.07. The van der Waals surface area contributed by atoms with Gasteiger partial charge >= 0.3 is 0 Å². The number of hydrogen-bond acceptors (Lipinski definition) is 1. The number of phenolic OH excluding ortho intramolecular Hbond substituents is 1. The van der Waals surface area contributed by atoms with Crippen LogP contribution < -0.4 is 0 Å². The van der Waals surface area contributed by atoms with Crippen LogP contribution in [0.3, 0.4) is 0 Å². The maximum absolute atomic E-state index is 9.70. The van der Waals surface area contributed by atoms with Crippen LogP contribution in [0.4, 0.5) is 0 Å². The van der Waals surface area contributed by atoms with Crippen molar-refractivity contribution < 1.29 is 5.11 Å². The third-order valence-corrected chi connectivity index (χ3v) is 6.68. The normalized spacial score (nSPS) is 35.5. The highest BCUT2D eigenvalue weighted by atomic mass is 16.3. The van der Waals surface area contributed by atoms with E-state index in [0.29, 0.717) is 11.2 Å². The lowest BCUT2D eigenvalue weighted by molar-refractivity contribution is 0.0753. The minimum atomic E-state index is 0.432. The monoisotopic (exact) mass is 298 g/mol. The average Bonchev–Trinajstić information content (AvgIpc) is 2.84. The van der Waals surface area contributed by atoms with E-state index in [1.165, 1.54) is 36.8 Å². The predicted octanol–water partition coefficient (Wildman–Crippen LogP) is 5.83. The van der Waals surface area contributed by atoms with E-state index >= 15 is 0 Å². The second kappa shape index (κ2) is 5.76. The molecule has 1 aromatic carbocycles. The summed E-state index contributed by atoms with van der Waals surface area (Å²) in [4.78, 5) is 0. The van der Waals surface area contributed by atoms with Crippen molar-refractivity contribution in [3.05, 3.63) is 41.0 Å². The maximum atomic E-state index is 9.70. The molecule has 3 aliphatic carbocycles. The van der Waals surface area contributed by atoms with Gasteiger partial charge in [0.25, 0.3) is 0 Å². The molecule has 0 saturated heterocycles. The molecule has 4 unspecified atom stereocenters. The molecular weight excluding hydrogens is 268 g/mol. The lowest BCUT2D eigenvalue weighted by Gasteiger charge is -2.50. The molecule has 1 heteroatoms. The SMILES string of the molecule is CC.CC1=CCC2C3CCc4cc(O)ccc4C3CCC12C. The lowest BCUT2D eigenvalue weighted by atomic mass is 9.54. The Morgan fingerprint density at radius 1 is 1.18 bits per heavy atom. The average molecular weight is 298 g/mol. The summed E-state index contributed by atoms with van der Waals surface area (Å²) in [6.07, 6.45) is 8.90. The van der Waals surface area contributed by atoms with Gasteiger partial charge in [-0.2, -0.15) is 0 Å². The van der Waals surface area contributed by atoms with E-state index in [4.69, 9.17) is 0 Å². The Balaban J connectivity index is 0.000000693. The minimum absolute atomic E-state index is 0.432. The quantitative estimate of drug-likeness (QED) is 0.597. The van der Waals surface area contributed by atoms with Gasteiger partial charge in [0.15, 0.2) is 0 Å². The zero-order chi connectivity index (χ0) is 15.9. The van der Waals surface area contributed by atoms with Crippen LogP contribution in [-0.4, -0.2) is 5.11 Å². The molecule has 1 fully saturated rings. The molecule has 0 radical (unpaired) electrons. The molecule has 0 bridgehead atoms. The smallest absolute Gasteiger partial charge is 0.115 e. The standard InChI is InChI=1S/C19H24O.C2H6/c1-12-3-8-18-17-6-4-13-11-14(20)5-7-15(13)16(17)9-10-19(12,18)2;1-2/h3,5,7,11,16-18,20H,4,6,8-10H2,1-2H3;1-2H3. The van der Waals surface area contributed by atoms with Gasteiger partial charge in [-0.05, 0) is 85.5 Å². The van der Waals surface area contributed by atoms with Gasteiger partial charge in [-0.1, -0.05) is 38.5 Å². The molecule has 120 valence electrons. The highest BCUT2D eigenvalue weighted by Gasteiger charge is 2.50. The number of aromatic hydroxyl groups is 1. The van der Waals surface area contributed by atoms with Gasteiger partial charge in [0.05, 0.1) is 0 Å². The molecule has 4 rings (SSSR count). The Morgan fingerprint density at radius 3 is 2.73 bits per heavy atom. The predicted molar refractivity (Wildman–Crippen MR) is 93.2 cm³/mol. The topological polar surface area (TPSA) is 20.2 Å². The fourth-order valence-corrected chi connectivity index (χ4v) is 5.35. The van der Waals surface area contributed by atoms with Crippen molar-refractivity contribution in [1.29, 1.82) is 0 Å². The number of phenols is 1. The van der Waals surface area contributed by atoms with Gasteiger partial charge in [0.2, 0.25) is 0 Å². The molecule has 0 aliphatic heterocycles. The molecule has 1 N–H and O–H groups in total. The molecule has 0 aromatic heterocycles. The van der Waals surface area contributed by atoms with Crippen molar-refractivity contribution >= 4 is 0 Å². The van der Waals surface area contributed by atoms with E-state index in [1.807, 2.05) is 26.0 Å². The summed E-state index contributed by atoms with van der Waals surface area (Å²) in [5.41, 5.74) is 5.04. The summed E-state index contributed by atoms with van der Waals surface area (Å²) in [5, 5.41) is 9.70. The maximum Gasteiger partial charge on any atom is 0.115 e. The first-order valence-corrected chi connectivity index (χ1v) is 9.08. The van der Waals surface area contributed by atoms with Gasteiger partial charge < -0.3 is 5.11 Å². The van der Waals surface area contributed by atoms with E-state index in [9.17, 15) is 5.11 Å². The summed E-state index contributed by atoms with van der Waals surface area (Å²) in [7, 11) is 0. The summed E-state index contributed by atoms with van der Waals surface area (Å²) < 4.78 is 0. The van der Waals surface area contributed by atoms with Crippen LogP contribution in [0.1, 0.15) is 70.4 Å². The summed E-state index contributed by atoms with van der Waals surface area (Å²) in [6.45, 7) is 8.84. The zero-order valence-electron chi connectivity index (χ0n) is 14.5. The molecule has 3 aliphatic rings. The fourth-order valence-electron chi connectivity index (χ4n) is 5.35. The molecule has 0 heterocycles. The Labute approximate surface area is 135 Å². The third-order valence-electron chi connectivity index (χ3n) is 6.68. The van der Waals surface area contributed by atoms with Gasteiger partial charge in [0.1, 0.15) is 5.75 Å². The van der Waals surface area contributed by atoms with Gasteiger partial charge in [-0.15, -0.1) is 0 Å². The molecule has 4 atom stereocenters. The molecule has 1 aromatic rings. The molecule has 1 nitrogen and oxygen atoms in total. The zero-order valence-corrected chi connectivity index (χ0v) is 14.5. The van der Waals surface area contributed by atoms with Crippen LogP contribution in [0, 0.1) is 17.3 Å². The van der Waals surface area contributed by atoms with Crippen LogP contribution >= 0.6 is 0 Å². The third kappa shape index (κ3) is 2.21. The molecule has 0 amide bonds. The van der Waals surface area contributed by atoms with Crippen LogP contribution in [0.25, 0.3) is 0 Å². The first kappa shape index (κ1) is 15.6. The van der Waals surface area contributed by atoms with E-state index in [-0.39, 0.29) is 0 Å². The van der Waals surface area contributed by atoms with E-state index in [2.05, 4.69) is 26.0 Å². The van der Waals surface area contributed by atoms with Gasteiger partial charge in [-0.3, -0.25) is 0 Å². The Kier molecular flexibility index (Phi) is 4.09. The van der Waals surface area contributed by atoms with Gasteiger partial charge in [0, 0.05) is 0 Å². The fraction of sp³-hybridized carbons (Fsp3) is 0.619. The Morgan fingerprint density at radius 2 is 1.95 bits per heavy atom. The highest BCUT2D eigenvalue weighted by molar-refractivity contribution is 5.40. The molecule has 0 spiro atoms. The number of aryl methyl sites for hydroxylation is 1. The largest absolute Gasteiger partial charge is 0.508 e. The van der Waals surface area contributed by atoms with Crippen molar-refractivity contribution in [1.82, 2.24) is 0 Å². The summed E-state index contributed by atoms with van der Waals surface area (Å²) in [5.74, 6) is 2.86. The first-order valence-electron chi connectivity index (χ1n) is 9.08. The number of rotatable bonds is 0. The summed E-state index contributed by atoms with van der Waals surface area (Å²) >= 11 is 0. The number of hydrogen-bond donors (Lipinski definition) is 1. The van der Waals surface area contributed by atoms with Crippen molar-refractivity contribution in [2.24, 2.45) is 17.3 Å². The number of allylic oxidation sites excluding steroid dienone is 2. The molecular formula is C21H30O. The second-order valence-corrected chi connectivity index (χ2v) is 7.38. The van der Waals surface area contributed by atoms with Crippen LogP contribution in [-0.2, 0) is 6.42 Å². The van der Waals surface area contributed by atoms with Crippen molar-refractivity contribution in [3.63, 3.8) is 0 Å². The minimum Gasteiger partial charge on any atom is -0.508 e.